The highest BCUT2D eigenvalue weighted by Crippen LogP contribution is 2.31. The summed E-state index contributed by atoms with van der Waals surface area (Å²) < 4.78 is 0.989. The molecule has 0 bridgehead atoms. The van der Waals surface area contributed by atoms with Crippen LogP contribution >= 0.6 is 11.3 Å². The fourth-order valence-corrected chi connectivity index (χ4v) is 3.95. The highest BCUT2D eigenvalue weighted by molar-refractivity contribution is 7.22. The quantitative estimate of drug-likeness (QED) is 0.779. The van der Waals surface area contributed by atoms with Gasteiger partial charge in [0.05, 0.1) is 4.70 Å². The molecular weight excluding hydrogens is 336 g/mol. The van der Waals surface area contributed by atoms with Crippen LogP contribution in [0.1, 0.15) is 31.4 Å². The predicted molar refractivity (Wildman–Crippen MR) is 97.9 cm³/mol. The summed E-state index contributed by atoms with van der Waals surface area (Å²) >= 11 is 1.45. The minimum Gasteiger partial charge on any atom is -0.341 e. The molecule has 128 valence electrons. The number of hydrogen-bond acceptors (Lipinski definition) is 7. The molecule has 7 nitrogen and oxygen atoms in total. The van der Waals surface area contributed by atoms with E-state index < -0.39 is 0 Å². The molecule has 1 aliphatic rings. The molecule has 25 heavy (non-hydrogen) atoms. The molecule has 0 atom stereocenters. The molecule has 1 aliphatic heterocycles. The van der Waals surface area contributed by atoms with Gasteiger partial charge in [0, 0.05) is 44.0 Å². The Hall–Kier alpha value is -2.61. The number of aromatic nitrogens is 4. The summed E-state index contributed by atoms with van der Waals surface area (Å²) in [5.41, 5.74) is 1.78. The molecule has 1 amide bonds. The van der Waals surface area contributed by atoms with Gasteiger partial charge in [0.15, 0.2) is 10.8 Å². The van der Waals surface area contributed by atoms with Crippen LogP contribution < -0.4 is 10.2 Å². The third-order valence-corrected chi connectivity index (χ3v) is 5.23. The smallest absolute Gasteiger partial charge is 0.225 e. The maximum absolute atomic E-state index is 11.2. The molecular formula is C17H18N6OS. The first-order valence-electron chi connectivity index (χ1n) is 8.26. The van der Waals surface area contributed by atoms with Gasteiger partial charge in [0.25, 0.3) is 0 Å². The molecule has 0 saturated carbocycles. The number of hydrogen-bond donors (Lipinski definition) is 1. The van der Waals surface area contributed by atoms with E-state index in [4.69, 9.17) is 4.98 Å². The van der Waals surface area contributed by atoms with Crippen LogP contribution in [0.25, 0.3) is 10.3 Å². The maximum Gasteiger partial charge on any atom is 0.225 e. The number of rotatable bonds is 3. The Balaban J connectivity index is 1.48. The normalized spacial score (nSPS) is 15.5. The number of nitrogens with zero attached hydrogens (tertiary/aromatic N) is 5. The Kier molecular flexibility index (Phi) is 4.27. The number of nitrogens with one attached hydrogen (secondary N) is 1. The molecule has 1 fully saturated rings. The van der Waals surface area contributed by atoms with Gasteiger partial charge in [-0.05, 0) is 31.0 Å². The van der Waals surface area contributed by atoms with Crippen LogP contribution in [0.4, 0.5) is 11.1 Å². The van der Waals surface area contributed by atoms with Crippen LogP contribution in [0.3, 0.4) is 0 Å². The molecule has 0 unspecified atom stereocenters. The van der Waals surface area contributed by atoms with E-state index in [0.29, 0.717) is 16.7 Å². The summed E-state index contributed by atoms with van der Waals surface area (Å²) in [6.07, 6.45) is 5.58. The van der Waals surface area contributed by atoms with Crippen molar-refractivity contribution in [2.45, 2.75) is 25.7 Å². The number of thiazole rings is 1. The summed E-state index contributed by atoms with van der Waals surface area (Å²) in [6.45, 7) is 3.32. The predicted octanol–water partition coefficient (Wildman–Crippen LogP) is 2.82. The zero-order valence-electron chi connectivity index (χ0n) is 13.8. The molecule has 3 aromatic rings. The van der Waals surface area contributed by atoms with Gasteiger partial charge in [-0.3, -0.25) is 4.79 Å². The van der Waals surface area contributed by atoms with E-state index in [1.165, 1.54) is 18.3 Å². The van der Waals surface area contributed by atoms with Crippen LogP contribution in [-0.4, -0.2) is 38.9 Å². The van der Waals surface area contributed by atoms with Crippen molar-refractivity contribution in [2.75, 3.05) is 23.3 Å². The van der Waals surface area contributed by atoms with Gasteiger partial charge in [0.1, 0.15) is 0 Å². The Morgan fingerprint density at radius 1 is 1.20 bits per heavy atom. The number of fused-ring (bicyclic) bond motifs is 1. The van der Waals surface area contributed by atoms with Crippen molar-refractivity contribution in [2.24, 2.45) is 0 Å². The standard InChI is InChI=1S/C17H18N6OS/c1-11(24)20-17-22-15-14(25-17)4-3-13(21-15)12-5-9-23(10-6-12)16-18-7-2-8-19-16/h2-4,7-8,12H,5-6,9-10H2,1H3,(H,20,21,22,24). The van der Waals surface area contributed by atoms with Gasteiger partial charge in [-0.25, -0.2) is 15.0 Å². The Morgan fingerprint density at radius 3 is 2.68 bits per heavy atom. The van der Waals surface area contributed by atoms with E-state index >= 15 is 0 Å². The molecule has 0 aromatic carbocycles. The second-order valence-corrected chi connectivity index (χ2v) is 7.10. The largest absolute Gasteiger partial charge is 0.341 e. The average Bonchev–Trinajstić information content (AvgIpc) is 3.03. The second kappa shape index (κ2) is 6.72. The van der Waals surface area contributed by atoms with E-state index in [-0.39, 0.29) is 5.91 Å². The highest BCUT2D eigenvalue weighted by Gasteiger charge is 2.23. The third-order valence-electron chi connectivity index (χ3n) is 4.31. The first kappa shape index (κ1) is 15.9. The summed E-state index contributed by atoms with van der Waals surface area (Å²) in [4.78, 5) is 31.2. The van der Waals surface area contributed by atoms with Crippen molar-refractivity contribution in [1.29, 1.82) is 0 Å². The number of carbonyl (C=O) groups excluding carboxylic acids is 1. The molecule has 0 radical (unpaired) electrons. The van der Waals surface area contributed by atoms with Gasteiger partial charge >= 0.3 is 0 Å². The van der Waals surface area contributed by atoms with Crippen molar-refractivity contribution in [3.63, 3.8) is 0 Å². The number of amides is 1. The first-order valence-corrected chi connectivity index (χ1v) is 9.08. The van der Waals surface area contributed by atoms with E-state index in [0.717, 1.165) is 42.3 Å². The Labute approximate surface area is 149 Å². The van der Waals surface area contributed by atoms with Crippen molar-refractivity contribution < 1.29 is 4.79 Å². The van der Waals surface area contributed by atoms with E-state index in [2.05, 4.69) is 31.2 Å². The van der Waals surface area contributed by atoms with Gasteiger partial charge in [-0.15, -0.1) is 0 Å². The number of pyridine rings is 1. The zero-order chi connectivity index (χ0) is 17.2. The maximum atomic E-state index is 11.2. The van der Waals surface area contributed by atoms with Crippen molar-refractivity contribution in [3.8, 4) is 0 Å². The lowest BCUT2D eigenvalue weighted by molar-refractivity contribution is -0.114. The van der Waals surface area contributed by atoms with Gasteiger partial charge in [-0.2, -0.15) is 4.98 Å². The second-order valence-electron chi connectivity index (χ2n) is 6.07. The summed E-state index contributed by atoms with van der Waals surface area (Å²) in [7, 11) is 0. The molecule has 4 heterocycles. The fourth-order valence-electron chi connectivity index (χ4n) is 3.09. The number of piperidine rings is 1. The van der Waals surface area contributed by atoms with E-state index in [1.807, 2.05) is 12.1 Å². The highest BCUT2D eigenvalue weighted by atomic mass is 32.1. The minimum atomic E-state index is -0.116. The lowest BCUT2D eigenvalue weighted by atomic mass is 9.93. The third kappa shape index (κ3) is 3.43. The van der Waals surface area contributed by atoms with Crippen molar-refractivity contribution in [3.05, 3.63) is 36.3 Å². The molecule has 1 saturated heterocycles. The Bertz CT molecular complexity index is 889. The molecule has 0 spiro atoms. The van der Waals surface area contributed by atoms with Crippen LogP contribution in [0.15, 0.2) is 30.6 Å². The molecule has 8 heteroatoms. The molecule has 4 rings (SSSR count). The van der Waals surface area contributed by atoms with E-state index in [1.54, 1.807) is 12.4 Å². The summed E-state index contributed by atoms with van der Waals surface area (Å²) in [5.74, 6) is 1.09. The van der Waals surface area contributed by atoms with Crippen LogP contribution in [0, 0.1) is 0 Å². The first-order chi connectivity index (χ1) is 12.2. The molecule has 0 aliphatic carbocycles. The number of carbonyl (C=O) groups is 1. The summed E-state index contributed by atoms with van der Waals surface area (Å²) in [5, 5.41) is 3.33. The van der Waals surface area contributed by atoms with Crippen LogP contribution in [0.2, 0.25) is 0 Å². The lowest BCUT2D eigenvalue weighted by Crippen LogP contribution is -2.34. The van der Waals surface area contributed by atoms with Gasteiger partial charge < -0.3 is 10.2 Å². The monoisotopic (exact) mass is 354 g/mol. The molecule has 1 N–H and O–H groups in total. The van der Waals surface area contributed by atoms with Crippen LogP contribution in [0.5, 0.6) is 0 Å². The lowest BCUT2D eigenvalue weighted by Gasteiger charge is -2.31. The minimum absolute atomic E-state index is 0.116. The van der Waals surface area contributed by atoms with Gasteiger partial charge in [0.2, 0.25) is 11.9 Å². The van der Waals surface area contributed by atoms with Crippen molar-refractivity contribution in [1.82, 2.24) is 19.9 Å². The summed E-state index contributed by atoms with van der Waals surface area (Å²) in [6, 6.07) is 5.96. The zero-order valence-corrected chi connectivity index (χ0v) is 14.7. The Morgan fingerprint density at radius 2 is 1.96 bits per heavy atom. The topological polar surface area (TPSA) is 83.9 Å². The average molecular weight is 354 g/mol. The SMILES string of the molecule is CC(=O)Nc1nc2nc(C3CCN(c4ncccn4)CC3)ccc2s1. The fraction of sp³-hybridized carbons (Fsp3) is 0.353. The van der Waals surface area contributed by atoms with Crippen molar-refractivity contribution >= 4 is 38.7 Å². The van der Waals surface area contributed by atoms with Gasteiger partial charge in [-0.1, -0.05) is 11.3 Å². The van der Waals surface area contributed by atoms with Crippen LogP contribution in [-0.2, 0) is 4.79 Å². The molecule has 3 aromatic heterocycles. The number of anilines is 2. The van der Waals surface area contributed by atoms with E-state index in [9.17, 15) is 4.79 Å².